The Hall–Kier alpha value is -1.31. The van der Waals surface area contributed by atoms with E-state index in [0.29, 0.717) is 5.56 Å². The van der Waals surface area contributed by atoms with E-state index in [2.05, 4.69) is 23.7 Å². The number of anilines is 1. The standard InChI is InChI=1S/C9H15FN5O10P3/c10-2-7(1-6-3-14-15-8(6)12-4-13-9(15)11)23-5-26(16,17)24-28(21,22)25-27(18,19)20/h3-4,7H,1-2,5H2,(H,16,17)(H,21,22)(H2,11,12,13)(H2,18,19,20)/t7-/m0/s1. The van der Waals surface area contributed by atoms with Crippen LogP contribution in [0.5, 0.6) is 0 Å². The maximum atomic E-state index is 13.2. The number of fused-ring (bicyclic) bond motifs is 1. The van der Waals surface area contributed by atoms with E-state index in [-0.39, 0.29) is 18.0 Å². The second-order valence-electron chi connectivity index (χ2n) is 5.17. The van der Waals surface area contributed by atoms with Gasteiger partial charge in [0.15, 0.2) is 5.65 Å². The molecule has 2 aromatic heterocycles. The summed E-state index contributed by atoms with van der Waals surface area (Å²) in [4.78, 5) is 43.1. The number of alkyl halides is 1. The van der Waals surface area contributed by atoms with Crippen LogP contribution in [0.15, 0.2) is 12.5 Å². The number of nitrogens with two attached hydrogens (primary N) is 1. The van der Waals surface area contributed by atoms with Crippen molar-refractivity contribution in [2.24, 2.45) is 0 Å². The first-order valence-corrected chi connectivity index (χ1v) is 11.8. The molecule has 0 amide bonds. The van der Waals surface area contributed by atoms with Crippen molar-refractivity contribution in [1.29, 1.82) is 0 Å². The molecule has 2 rings (SSSR count). The van der Waals surface area contributed by atoms with Crippen molar-refractivity contribution in [1.82, 2.24) is 19.6 Å². The van der Waals surface area contributed by atoms with Gasteiger partial charge in [0.1, 0.15) is 19.3 Å². The fourth-order valence-corrected chi connectivity index (χ4v) is 5.30. The van der Waals surface area contributed by atoms with E-state index < -0.39 is 42.4 Å². The summed E-state index contributed by atoms with van der Waals surface area (Å²) in [5.41, 5.74) is 6.20. The lowest BCUT2D eigenvalue weighted by atomic mass is 10.1. The van der Waals surface area contributed by atoms with E-state index in [1.54, 1.807) is 0 Å². The summed E-state index contributed by atoms with van der Waals surface area (Å²) in [6.07, 6.45) is -0.304. The molecule has 0 spiro atoms. The van der Waals surface area contributed by atoms with Crippen LogP contribution < -0.4 is 5.73 Å². The Kier molecular flexibility index (Phi) is 7.05. The number of rotatable bonds is 10. The van der Waals surface area contributed by atoms with E-state index >= 15 is 0 Å². The van der Waals surface area contributed by atoms with Crippen LogP contribution in [0, 0.1) is 0 Å². The summed E-state index contributed by atoms with van der Waals surface area (Å²) in [7, 11) is -16.1. The molecule has 3 atom stereocenters. The van der Waals surface area contributed by atoms with Crippen molar-refractivity contribution in [3.63, 3.8) is 0 Å². The van der Waals surface area contributed by atoms with E-state index in [0.717, 1.165) is 6.33 Å². The Bertz CT molecular complexity index is 981. The highest BCUT2D eigenvalue weighted by atomic mass is 31.3. The molecular weight excluding hydrogens is 450 g/mol. The average molecular weight is 465 g/mol. The Labute approximate surface area is 155 Å². The van der Waals surface area contributed by atoms with Crippen molar-refractivity contribution < 1.29 is 51.0 Å². The topological polar surface area (TPSA) is 229 Å². The van der Waals surface area contributed by atoms with Gasteiger partial charge in [-0.05, 0) is 0 Å². The first kappa shape index (κ1) is 23.0. The molecule has 0 aliphatic heterocycles. The minimum atomic E-state index is -5.59. The second-order valence-corrected chi connectivity index (χ2v) is 9.93. The lowest BCUT2D eigenvalue weighted by Gasteiger charge is -2.19. The van der Waals surface area contributed by atoms with Crippen molar-refractivity contribution >= 4 is 34.8 Å². The van der Waals surface area contributed by atoms with Gasteiger partial charge in [0.2, 0.25) is 5.95 Å². The zero-order valence-electron chi connectivity index (χ0n) is 13.7. The predicted molar refractivity (Wildman–Crippen MR) is 88.5 cm³/mol. The number of nitrogen functional groups attached to an aromatic ring is 1. The van der Waals surface area contributed by atoms with Gasteiger partial charge in [-0.1, -0.05) is 0 Å². The minimum Gasteiger partial charge on any atom is -0.368 e. The van der Waals surface area contributed by atoms with Gasteiger partial charge in [0.05, 0.1) is 12.3 Å². The van der Waals surface area contributed by atoms with Crippen LogP contribution in [0.2, 0.25) is 0 Å². The van der Waals surface area contributed by atoms with E-state index in [4.69, 9.17) is 25.2 Å². The number of aromatic nitrogens is 4. The Morgan fingerprint density at radius 2 is 1.86 bits per heavy atom. The van der Waals surface area contributed by atoms with Gasteiger partial charge in [-0.25, -0.2) is 27.8 Å². The monoisotopic (exact) mass is 465 g/mol. The first-order chi connectivity index (χ1) is 12.8. The molecule has 0 saturated carbocycles. The Balaban J connectivity index is 2.02. The van der Waals surface area contributed by atoms with Gasteiger partial charge in [0.25, 0.3) is 0 Å². The highest BCUT2D eigenvalue weighted by Gasteiger charge is 2.40. The normalized spacial score (nSPS) is 17.9. The van der Waals surface area contributed by atoms with Gasteiger partial charge < -0.3 is 30.0 Å². The zero-order chi connectivity index (χ0) is 21.2. The number of hydrogen-bond acceptors (Lipinski definition) is 10. The molecular formula is C9H15FN5O10P3. The SMILES string of the molecule is Nc1ncnc2c(C[C@@H](CF)OCP(=O)(O)OP(=O)(O)OP(=O)(O)O)cnn12. The van der Waals surface area contributed by atoms with Gasteiger partial charge in [-0.15, -0.1) is 0 Å². The highest BCUT2D eigenvalue weighted by molar-refractivity contribution is 7.68. The van der Waals surface area contributed by atoms with Crippen LogP contribution in [0.1, 0.15) is 5.56 Å². The largest absolute Gasteiger partial charge is 0.488 e. The van der Waals surface area contributed by atoms with Crippen LogP contribution in [0.25, 0.3) is 5.65 Å². The summed E-state index contributed by atoms with van der Waals surface area (Å²) < 4.78 is 60.1. The van der Waals surface area contributed by atoms with Crippen molar-refractivity contribution in [3.8, 4) is 0 Å². The van der Waals surface area contributed by atoms with E-state index in [1.807, 2.05) is 0 Å². The molecule has 0 aliphatic carbocycles. The quantitative estimate of drug-likeness (QED) is 0.290. The molecule has 2 heterocycles. The molecule has 158 valence electrons. The third kappa shape index (κ3) is 6.64. The second kappa shape index (κ2) is 8.59. The fraction of sp³-hybridized carbons (Fsp3) is 0.444. The number of nitrogens with zero attached hydrogens (tertiary/aromatic N) is 4. The van der Waals surface area contributed by atoms with Crippen LogP contribution >= 0.6 is 23.2 Å². The first-order valence-electron chi connectivity index (χ1n) is 7.05. The molecule has 0 aliphatic rings. The summed E-state index contributed by atoms with van der Waals surface area (Å²) in [5, 5.41) is 3.90. The zero-order valence-corrected chi connectivity index (χ0v) is 16.4. The minimum absolute atomic E-state index is 0.0194. The smallest absolute Gasteiger partial charge is 0.368 e. The van der Waals surface area contributed by atoms with E-state index in [9.17, 15) is 23.0 Å². The van der Waals surface area contributed by atoms with Gasteiger partial charge >= 0.3 is 23.2 Å². The average Bonchev–Trinajstić information content (AvgIpc) is 2.92. The van der Waals surface area contributed by atoms with Crippen LogP contribution in [-0.2, 0) is 33.5 Å². The Morgan fingerprint density at radius 3 is 2.46 bits per heavy atom. The molecule has 0 radical (unpaired) electrons. The third-order valence-corrected chi connectivity index (χ3v) is 6.94. The lowest BCUT2D eigenvalue weighted by molar-refractivity contribution is 0.0560. The molecule has 2 aromatic rings. The molecule has 28 heavy (non-hydrogen) atoms. The van der Waals surface area contributed by atoms with Crippen molar-refractivity contribution in [2.45, 2.75) is 12.5 Å². The predicted octanol–water partition coefficient (Wildman–Crippen LogP) is -0.0271. The maximum absolute atomic E-state index is 13.2. The Morgan fingerprint density at radius 1 is 1.18 bits per heavy atom. The number of ether oxygens (including phenoxy) is 1. The van der Waals surface area contributed by atoms with E-state index in [1.165, 1.54) is 10.7 Å². The number of hydrogen-bond donors (Lipinski definition) is 5. The number of halogens is 1. The highest BCUT2D eigenvalue weighted by Crippen LogP contribution is 2.65. The lowest BCUT2D eigenvalue weighted by Crippen LogP contribution is -2.19. The van der Waals surface area contributed by atoms with Gasteiger partial charge in [0, 0.05) is 12.0 Å². The summed E-state index contributed by atoms with van der Waals surface area (Å²) in [6.45, 7) is -1.13. The molecule has 6 N–H and O–H groups in total. The van der Waals surface area contributed by atoms with Crippen LogP contribution in [-0.4, -0.2) is 58.3 Å². The van der Waals surface area contributed by atoms with Gasteiger partial charge in [-0.2, -0.15) is 13.9 Å². The van der Waals surface area contributed by atoms with Crippen LogP contribution in [0.3, 0.4) is 0 Å². The van der Waals surface area contributed by atoms with Crippen molar-refractivity contribution in [2.75, 3.05) is 18.8 Å². The van der Waals surface area contributed by atoms with Gasteiger partial charge in [-0.3, -0.25) is 4.57 Å². The summed E-state index contributed by atoms with van der Waals surface area (Å²) in [6, 6.07) is 0. The molecule has 19 heteroatoms. The number of phosphoric acid groups is 2. The molecule has 0 saturated heterocycles. The summed E-state index contributed by atoms with van der Waals surface area (Å²) in [5.74, 6) is 0.0194. The molecule has 0 aromatic carbocycles. The van der Waals surface area contributed by atoms with Crippen molar-refractivity contribution in [3.05, 3.63) is 18.1 Å². The summed E-state index contributed by atoms with van der Waals surface area (Å²) >= 11 is 0. The molecule has 0 bridgehead atoms. The molecule has 15 nitrogen and oxygen atoms in total. The fourth-order valence-electron chi connectivity index (χ4n) is 1.96. The molecule has 2 unspecified atom stereocenters. The molecule has 0 fully saturated rings. The van der Waals surface area contributed by atoms with Crippen LogP contribution in [0.4, 0.5) is 10.3 Å². The maximum Gasteiger partial charge on any atom is 0.488 e. The third-order valence-electron chi connectivity index (χ3n) is 2.94.